The molecule has 0 bridgehead atoms. The Morgan fingerprint density at radius 3 is 2.59 bits per heavy atom. The van der Waals surface area contributed by atoms with E-state index in [2.05, 4.69) is 4.90 Å². The third-order valence-electron chi connectivity index (χ3n) is 4.92. The highest BCUT2D eigenvalue weighted by Crippen LogP contribution is 2.44. The van der Waals surface area contributed by atoms with Crippen LogP contribution in [0.25, 0.3) is 11.6 Å². The summed E-state index contributed by atoms with van der Waals surface area (Å²) >= 11 is 6.00. The molecule has 6 heteroatoms. The van der Waals surface area contributed by atoms with Crippen LogP contribution in [0.3, 0.4) is 0 Å². The molecule has 0 aliphatic carbocycles. The lowest BCUT2D eigenvalue weighted by Gasteiger charge is -2.24. The minimum atomic E-state index is -0.364. The van der Waals surface area contributed by atoms with E-state index in [1.165, 1.54) is 20.3 Å². The van der Waals surface area contributed by atoms with Gasteiger partial charge in [-0.25, -0.2) is 0 Å². The third-order valence-corrected chi connectivity index (χ3v) is 5.16. The summed E-state index contributed by atoms with van der Waals surface area (Å²) < 4.78 is 10.9. The van der Waals surface area contributed by atoms with Crippen molar-refractivity contribution >= 4 is 29.0 Å². The normalized spacial score (nSPS) is 14.7. The number of rotatable bonds is 6. The zero-order valence-corrected chi connectivity index (χ0v) is 17.5. The Hall–Kier alpha value is -2.76. The Labute approximate surface area is 175 Å². The molecule has 0 unspecified atom stereocenters. The van der Waals surface area contributed by atoms with Gasteiger partial charge in [-0.15, -0.1) is 0 Å². The van der Waals surface area contributed by atoms with Gasteiger partial charge in [-0.05, 0) is 42.8 Å². The van der Waals surface area contributed by atoms with E-state index in [1.807, 2.05) is 25.3 Å². The van der Waals surface area contributed by atoms with Crippen LogP contribution in [0.1, 0.15) is 27.9 Å². The molecule has 152 valence electrons. The molecule has 3 rings (SSSR count). The van der Waals surface area contributed by atoms with Crippen LogP contribution >= 0.6 is 11.6 Å². The number of allylic oxidation sites excluding steroid dienone is 1. The van der Waals surface area contributed by atoms with E-state index in [0.29, 0.717) is 16.3 Å². The van der Waals surface area contributed by atoms with Crippen LogP contribution < -0.4 is 9.47 Å². The monoisotopic (exact) mass is 413 g/mol. The van der Waals surface area contributed by atoms with Crippen LogP contribution in [-0.4, -0.2) is 50.1 Å². The number of phenolic OH excluding ortho intramolecular Hbond substituents is 1. The fraction of sp³-hybridized carbons (Fsp3) is 0.261. The summed E-state index contributed by atoms with van der Waals surface area (Å²) in [5.74, 6) is 0.248. The SMILES string of the molecule is COc1cc(OC)c(C2=CCN(C)CC2)c(O)c1C(=O)/C=C/c1cccc(Cl)c1. The number of carbonyl (C=O) groups is 1. The van der Waals surface area contributed by atoms with Gasteiger partial charge >= 0.3 is 0 Å². The maximum Gasteiger partial charge on any atom is 0.193 e. The number of benzene rings is 2. The molecule has 0 fully saturated rings. The summed E-state index contributed by atoms with van der Waals surface area (Å²) in [5, 5.41) is 11.6. The van der Waals surface area contributed by atoms with E-state index in [1.54, 1.807) is 24.3 Å². The van der Waals surface area contributed by atoms with Gasteiger partial charge in [0.25, 0.3) is 0 Å². The highest BCUT2D eigenvalue weighted by molar-refractivity contribution is 6.30. The minimum absolute atomic E-state index is 0.112. The predicted molar refractivity (Wildman–Crippen MR) is 116 cm³/mol. The maximum atomic E-state index is 13.0. The molecule has 0 spiro atoms. The van der Waals surface area contributed by atoms with Crippen LogP contribution in [0.15, 0.2) is 42.5 Å². The van der Waals surface area contributed by atoms with Crippen LogP contribution in [0.5, 0.6) is 17.2 Å². The summed E-state index contributed by atoms with van der Waals surface area (Å²) in [4.78, 5) is 15.1. The number of ether oxygens (including phenoxy) is 2. The van der Waals surface area contributed by atoms with Gasteiger partial charge in [-0.2, -0.15) is 0 Å². The van der Waals surface area contributed by atoms with Crippen molar-refractivity contribution in [2.45, 2.75) is 6.42 Å². The molecule has 0 saturated carbocycles. The van der Waals surface area contributed by atoms with Crippen LogP contribution in [0.4, 0.5) is 0 Å². The molecule has 0 aromatic heterocycles. The first-order valence-electron chi connectivity index (χ1n) is 9.28. The van der Waals surface area contributed by atoms with E-state index < -0.39 is 0 Å². The van der Waals surface area contributed by atoms with Gasteiger partial charge in [0, 0.05) is 24.2 Å². The molecule has 1 aliphatic heterocycles. The Morgan fingerprint density at radius 2 is 1.97 bits per heavy atom. The number of ketones is 1. The number of nitrogens with zero attached hydrogens (tertiary/aromatic N) is 1. The van der Waals surface area contributed by atoms with Crippen LogP contribution in [-0.2, 0) is 0 Å². The molecule has 2 aromatic carbocycles. The summed E-state index contributed by atoms with van der Waals surface area (Å²) in [7, 11) is 5.03. The number of hydrogen-bond donors (Lipinski definition) is 1. The molecule has 5 nitrogen and oxygen atoms in total. The second-order valence-electron chi connectivity index (χ2n) is 6.87. The molecule has 0 atom stereocenters. The van der Waals surface area contributed by atoms with Crippen molar-refractivity contribution < 1.29 is 19.4 Å². The van der Waals surface area contributed by atoms with Gasteiger partial charge < -0.3 is 19.5 Å². The van der Waals surface area contributed by atoms with Crippen molar-refractivity contribution in [3.63, 3.8) is 0 Å². The van der Waals surface area contributed by atoms with E-state index in [-0.39, 0.29) is 22.8 Å². The Kier molecular flexibility index (Phi) is 6.62. The Bertz CT molecular complexity index is 981. The highest BCUT2D eigenvalue weighted by Gasteiger charge is 2.26. The first kappa shape index (κ1) is 21.0. The highest BCUT2D eigenvalue weighted by atomic mass is 35.5. The van der Waals surface area contributed by atoms with Gasteiger partial charge in [0.05, 0.1) is 19.8 Å². The van der Waals surface area contributed by atoms with Gasteiger partial charge in [-0.3, -0.25) is 4.79 Å². The van der Waals surface area contributed by atoms with Crippen LogP contribution in [0, 0.1) is 0 Å². The van der Waals surface area contributed by atoms with E-state index >= 15 is 0 Å². The zero-order valence-electron chi connectivity index (χ0n) is 16.7. The predicted octanol–water partition coefficient (Wildman–Crippen LogP) is 4.68. The third kappa shape index (κ3) is 4.63. The molecule has 1 N–H and O–H groups in total. The van der Waals surface area contributed by atoms with Gasteiger partial charge in [-0.1, -0.05) is 35.9 Å². The summed E-state index contributed by atoms with van der Waals surface area (Å²) in [6.07, 6.45) is 5.86. The average molecular weight is 414 g/mol. The fourth-order valence-corrected chi connectivity index (χ4v) is 3.55. The van der Waals surface area contributed by atoms with Crippen molar-refractivity contribution in [1.29, 1.82) is 0 Å². The van der Waals surface area contributed by atoms with Crippen molar-refractivity contribution in [1.82, 2.24) is 4.90 Å². The second-order valence-corrected chi connectivity index (χ2v) is 7.31. The number of halogens is 1. The maximum absolute atomic E-state index is 13.0. The largest absolute Gasteiger partial charge is 0.506 e. The topological polar surface area (TPSA) is 59.0 Å². The molecule has 0 radical (unpaired) electrons. The van der Waals surface area contributed by atoms with E-state index in [4.69, 9.17) is 21.1 Å². The second kappa shape index (κ2) is 9.16. The number of phenols is 1. The van der Waals surface area contributed by atoms with Crippen molar-refractivity contribution in [3.05, 3.63) is 64.2 Å². The van der Waals surface area contributed by atoms with Crippen LogP contribution in [0.2, 0.25) is 5.02 Å². The lowest BCUT2D eigenvalue weighted by molar-refractivity contribution is 0.104. The van der Waals surface area contributed by atoms with E-state index in [9.17, 15) is 9.90 Å². The summed E-state index contributed by atoms with van der Waals surface area (Å²) in [6.45, 7) is 1.63. The fourth-order valence-electron chi connectivity index (χ4n) is 3.36. The van der Waals surface area contributed by atoms with Gasteiger partial charge in [0.2, 0.25) is 0 Å². The summed E-state index contributed by atoms with van der Waals surface area (Å²) in [6, 6.07) is 8.82. The van der Waals surface area contributed by atoms with E-state index in [0.717, 1.165) is 30.6 Å². The smallest absolute Gasteiger partial charge is 0.193 e. The molecule has 0 amide bonds. The van der Waals surface area contributed by atoms with Crippen molar-refractivity contribution in [3.8, 4) is 17.2 Å². The molecule has 29 heavy (non-hydrogen) atoms. The minimum Gasteiger partial charge on any atom is -0.506 e. The number of aromatic hydroxyl groups is 1. The average Bonchev–Trinajstić information content (AvgIpc) is 2.72. The lowest BCUT2D eigenvalue weighted by Crippen LogP contribution is -2.23. The molecular weight excluding hydrogens is 390 g/mol. The first-order valence-corrected chi connectivity index (χ1v) is 9.66. The van der Waals surface area contributed by atoms with Gasteiger partial charge in [0.15, 0.2) is 5.78 Å². The molecule has 1 aliphatic rings. The Morgan fingerprint density at radius 1 is 1.21 bits per heavy atom. The Balaban J connectivity index is 2.05. The number of carbonyl (C=O) groups excluding carboxylic acids is 1. The molecule has 2 aromatic rings. The molecule has 0 saturated heterocycles. The number of hydrogen-bond acceptors (Lipinski definition) is 5. The quantitative estimate of drug-likeness (QED) is 0.550. The number of likely N-dealkylation sites (N-methyl/N-ethyl adjacent to an activating group) is 1. The lowest BCUT2D eigenvalue weighted by atomic mass is 9.93. The van der Waals surface area contributed by atoms with Crippen molar-refractivity contribution in [2.24, 2.45) is 0 Å². The number of methoxy groups -OCH3 is 2. The summed E-state index contributed by atoms with van der Waals surface area (Å²) in [5.41, 5.74) is 2.39. The van der Waals surface area contributed by atoms with Crippen molar-refractivity contribution in [2.75, 3.05) is 34.4 Å². The molecular formula is C23H24ClNO4. The van der Waals surface area contributed by atoms with Gasteiger partial charge in [0.1, 0.15) is 22.8 Å². The zero-order chi connectivity index (χ0) is 21.0. The standard InChI is InChI=1S/C23H24ClNO4/c1-25-11-9-16(10-12-25)21-19(28-2)14-20(29-3)22(23(21)27)18(26)8-7-15-5-4-6-17(24)13-15/h4-9,13-14,27H,10-12H2,1-3H3/b8-7+. The molecule has 1 heterocycles. The first-order chi connectivity index (χ1) is 13.9.